The molecule has 1 aromatic heterocycles. The molecule has 0 saturated heterocycles. The van der Waals surface area contributed by atoms with Crippen LogP contribution in [0.1, 0.15) is 44.4 Å². The van der Waals surface area contributed by atoms with Gasteiger partial charge in [0.15, 0.2) is 6.04 Å². The maximum Gasteiger partial charge on any atom is 0.269 e. The molecule has 32 heavy (non-hydrogen) atoms. The minimum absolute atomic E-state index is 0.155. The number of aromatic nitrogens is 2. The second kappa shape index (κ2) is 11.7. The SMILES string of the molecule is CCCCOC(C[n+]1ccn(C(C)C(=O)Nc2ccccc2Cl)c1)c1ccc(Cl)cc1Cl. The van der Waals surface area contributed by atoms with E-state index < -0.39 is 6.04 Å². The molecule has 1 amide bonds. The van der Waals surface area contributed by atoms with Gasteiger partial charge in [0.05, 0.1) is 10.7 Å². The molecule has 0 spiro atoms. The number of benzene rings is 2. The van der Waals surface area contributed by atoms with Gasteiger partial charge in [-0.05, 0) is 37.6 Å². The first-order valence-electron chi connectivity index (χ1n) is 10.6. The number of carbonyl (C=O) groups excluding carboxylic acids is 1. The topological polar surface area (TPSA) is 47.1 Å². The van der Waals surface area contributed by atoms with E-state index in [1.807, 2.05) is 59.0 Å². The Morgan fingerprint density at radius 1 is 1.16 bits per heavy atom. The Bertz CT molecular complexity index is 1050. The zero-order chi connectivity index (χ0) is 23.1. The summed E-state index contributed by atoms with van der Waals surface area (Å²) in [5.41, 5.74) is 1.48. The van der Waals surface area contributed by atoms with Gasteiger partial charge in [0.2, 0.25) is 6.33 Å². The Kier molecular flexibility index (Phi) is 9.00. The van der Waals surface area contributed by atoms with Crippen LogP contribution >= 0.6 is 34.8 Å². The fraction of sp³-hybridized carbons (Fsp3) is 0.333. The first-order chi connectivity index (χ1) is 15.4. The van der Waals surface area contributed by atoms with Crippen LogP contribution in [0.2, 0.25) is 15.1 Å². The summed E-state index contributed by atoms with van der Waals surface area (Å²) in [7, 11) is 0. The molecule has 3 aromatic rings. The fourth-order valence-electron chi connectivity index (χ4n) is 3.25. The predicted molar refractivity (Wildman–Crippen MR) is 129 cm³/mol. The lowest BCUT2D eigenvalue weighted by Gasteiger charge is -2.18. The van der Waals surface area contributed by atoms with Gasteiger partial charge in [-0.2, -0.15) is 0 Å². The standard InChI is InChI=1S/C24H26Cl3N3O2/c1-3-4-13-32-23(19-10-9-18(25)14-21(19)27)15-29-11-12-30(16-29)17(2)24(31)28-22-8-6-5-7-20(22)26/h5-12,14,16-17,23H,3-4,13,15H2,1-2H3/p+1. The minimum Gasteiger partial charge on any atom is -0.369 e. The number of nitrogens with zero attached hydrogens (tertiary/aromatic N) is 2. The number of hydrogen-bond donors (Lipinski definition) is 1. The lowest BCUT2D eigenvalue weighted by atomic mass is 10.1. The van der Waals surface area contributed by atoms with E-state index in [2.05, 4.69) is 12.2 Å². The van der Waals surface area contributed by atoms with Crippen molar-refractivity contribution in [3.63, 3.8) is 0 Å². The van der Waals surface area contributed by atoms with Gasteiger partial charge < -0.3 is 10.1 Å². The van der Waals surface area contributed by atoms with Crippen LogP contribution in [0.25, 0.3) is 0 Å². The highest BCUT2D eigenvalue weighted by Crippen LogP contribution is 2.29. The summed E-state index contributed by atoms with van der Waals surface area (Å²) >= 11 is 18.7. The molecule has 0 aliphatic heterocycles. The van der Waals surface area contributed by atoms with Crippen LogP contribution in [0.5, 0.6) is 0 Å². The van der Waals surface area contributed by atoms with Gasteiger partial charge in [0.25, 0.3) is 5.91 Å². The number of ether oxygens (including phenoxy) is 1. The van der Waals surface area contributed by atoms with Gasteiger partial charge >= 0.3 is 0 Å². The second-order valence-electron chi connectivity index (χ2n) is 7.58. The summed E-state index contributed by atoms with van der Waals surface area (Å²) in [5, 5.41) is 4.54. The molecule has 170 valence electrons. The summed E-state index contributed by atoms with van der Waals surface area (Å²) in [6, 6.07) is 12.2. The third-order valence-electron chi connectivity index (χ3n) is 5.17. The zero-order valence-electron chi connectivity index (χ0n) is 18.1. The summed E-state index contributed by atoms with van der Waals surface area (Å²) in [6.45, 7) is 5.15. The number of nitrogens with one attached hydrogen (secondary N) is 1. The van der Waals surface area contributed by atoms with Gasteiger partial charge in [0, 0.05) is 22.2 Å². The van der Waals surface area contributed by atoms with Gasteiger partial charge in [0.1, 0.15) is 25.0 Å². The van der Waals surface area contributed by atoms with Crippen molar-refractivity contribution in [2.24, 2.45) is 0 Å². The number of unbranched alkanes of at least 4 members (excludes halogenated alkanes) is 1. The molecule has 2 atom stereocenters. The van der Waals surface area contributed by atoms with Crippen molar-refractivity contribution in [3.8, 4) is 0 Å². The third-order valence-corrected chi connectivity index (χ3v) is 6.07. The van der Waals surface area contributed by atoms with Crippen molar-refractivity contribution in [2.45, 2.75) is 45.4 Å². The molecule has 0 fully saturated rings. The quantitative estimate of drug-likeness (QED) is 0.258. The Hall–Kier alpha value is -2.05. The summed E-state index contributed by atoms with van der Waals surface area (Å²) < 4.78 is 9.98. The monoisotopic (exact) mass is 494 g/mol. The number of para-hydroxylation sites is 1. The van der Waals surface area contributed by atoms with Crippen molar-refractivity contribution in [2.75, 3.05) is 11.9 Å². The number of anilines is 1. The molecule has 0 radical (unpaired) electrons. The Labute approximate surface area is 203 Å². The number of carbonyl (C=O) groups is 1. The van der Waals surface area contributed by atoms with Crippen molar-refractivity contribution in [1.29, 1.82) is 0 Å². The molecule has 5 nitrogen and oxygen atoms in total. The number of hydrogen-bond acceptors (Lipinski definition) is 2. The zero-order valence-corrected chi connectivity index (χ0v) is 20.4. The highest BCUT2D eigenvalue weighted by atomic mass is 35.5. The Balaban J connectivity index is 1.72. The van der Waals surface area contributed by atoms with Crippen LogP contribution < -0.4 is 9.88 Å². The largest absolute Gasteiger partial charge is 0.369 e. The Morgan fingerprint density at radius 2 is 1.94 bits per heavy atom. The van der Waals surface area contributed by atoms with E-state index >= 15 is 0 Å². The molecule has 0 bridgehead atoms. The third kappa shape index (κ3) is 6.48. The Morgan fingerprint density at radius 3 is 2.66 bits per heavy atom. The summed E-state index contributed by atoms with van der Waals surface area (Å²) in [6.07, 6.45) is 7.44. The molecule has 3 rings (SSSR count). The molecule has 0 saturated carbocycles. The van der Waals surface area contributed by atoms with Crippen molar-refractivity contribution < 1.29 is 14.1 Å². The van der Waals surface area contributed by atoms with E-state index in [9.17, 15) is 4.79 Å². The average molecular weight is 496 g/mol. The lowest BCUT2D eigenvalue weighted by Crippen LogP contribution is -2.36. The van der Waals surface area contributed by atoms with E-state index in [0.29, 0.717) is 33.9 Å². The molecule has 8 heteroatoms. The molecule has 2 unspecified atom stereocenters. The van der Waals surface area contributed by atoms with E-state index in [4.69, 9.17) is 39.5 Å². The van der Waals surface area contributed by atoms with Gasteiger partial charge in [-0.15, -0.1) is 0 Å². The smallest absolute Gasteiger partial charge is 0.269 e. The first-order valence-corrected chi connectivity index (χ1v) is 11.7. The van der Waals surface area contributed by atoms with Crippen LogP contribution in [0, 0.1) is 0 Å². The lowest BCUT2D eigenvalue weighted by molar-refractivity contribution is -0.704. The first kappa shape index (κ1) is 24.6. The molecule has 1 heterocycles. The van der Waals surface area contributed by atoms with Crippen LogP contribution in [0.3, 0.4) is 0 Å². The summed E-state index contributed by atoms with van der Waals surface area (Å²) in [5.74, 6) is -0.155. The average Bonchev–Trinajstić information content (AvgIpc) is 3.23. The van der Waals surface area contributed by atoms with Gasteiger partial charge in [-0.1, -0.05) is 66.3 Å². The van der Waals surface area contributed by atoms with Crippen molar-refractivity contribution in [3.05, 3.63) is 81.8 Å². The molecule has 1 N–H and O–H groups in total. The number of amides is 1. The van der Waals surface area contributed by atoms with Crippen molar-refractivity contribution in [1.82, 2.24) is 4.57 Å². The van der Waals surface area contributed by atoms with Crippen LogP contribution in [0.4, 0.5) is 5.69 Å². The van der Waals surface area contributed by atoms with Crippen molar-refractivity contribution >= 4 is 46.4 Å². The maximum atomic E-state index is 12.7. The molecular formula is C24H27Cl3N3O2+. The number of rotatable bonds is 10. The normalized spacial score (nSPS) is 13.0. The second-order valence-corrected chi connectivity index (χ2v) is 8.83. The maximum absolute atomic E-state index is 12.7. The molecular weight excluding hydrogens is 469 g/mol. The number of halogens is 3. The molecule has 0 aliphatic carbocycles. The van der Waals surface area contributed by atoms with Crippen LogP contribution in [0.15, 0.2) is 61.2 Å². The highest BCUT2D eigenvalue weighted by Gasteiger charge is 2.23. The van der Waals surface area contributed by atoms with E-state index in [1.54, 1.807) is 18.2 Å². The minimum atomic E-state index is -0.425. The van der Waals surface area contributed by atoms with Crippen LogP contribution in [-0.4, -0.2) is 17.1 Å². The van der Waals surface area contributed by atoms with E-state index in [0.717, 1.165) is 18.4 Å². The highest BCUT2D eigenvalue weighted by molar-refractivity contribution is 6.35. The fourth-order valence-corrected chi connectivity index (χ4v) is 3.96. The van der Waals surface area contributed by atoms with E-state index in [-0.39, 0.29) is 12.0 Å². The summed E-state index contributed by atoms with van der Waals surface area (Å²) in [4.78, 5) is 12.7. The van der Waals surface area contributed by atoms with Crippen LogP contribution in [-0.2, 0) is 16.1 Å². The van der Waals surface area contributed by atoms with Gasteiger partial charge in [-0.3, -0.25) is 4.79 Å². The molecule has 2 aromatic carbocycles. The van der Waals surface area contributed by atoms with E-state index in [1.165, 1.54) is 0 Å². The predicted octanol–water partition coefficient (Wildman–Crippen LogP) is 6.49. The van der Waals surface area contributed by atoms with Gasteiger partial charge in [-0.25, -0.2) is 9.13 Å². The molecule has 0 aliphatic rings. The number of imidazole rings is 1.